The second kappa shape index (κ2) is 5.40. The Labute approximate surface area is 114 Å². The molecule has 3 N–H and O–H groups in total. The molecule has 0 saturated heterocycles. The van der Waals surface area contributed by atoms with E-state index in [2.05, 4.69) is 10.3 Å². The van der Waals surface area contributed by atoms with Crippen LogP contribution in [0.3, 0.4) is 0 Å². The Morgan fingerprint density at radius 2 is 1.80 bits per heavy atom. The van der Waals surface area contributed by atoms with Crippen molar-refractivity contribution in [1.29, 1.82) is 0 Å². The Hall–Kier alpha value is -2.24. The van der Waals surface area contributed by atoms with Gasteiger partial charge >= 0.3 is 6.18 Å². The number of halogens is 3. The van der Waals surface area contributed by atoms with Gasteiger partial charge in [0.2, 0.25) is 0 Å². The first kappa shape index (κ1) is 14.2. The van der Waals surface area contributed by atoms with Crippen molar-refractivity contribution < 1.29 is 13.2 Å². The molecular weight excluding hydrogens is 267 g/mol. The maximum atomic E-state index is 12.9. The molecule has 0 fully saturated rings. The standard InChI is InChI=1S/C14H14F3N3/c1-9(10-4-6-11(18)7-5-10)20-13-12(14(15,16)17)3-2-8-19-13/h2-9H,18H2,1H3,(H,19,20). The maximum absolute atomic E-state index is 12.9. The molecule has 1 unspecified atom stereocenters. The lowest BCUT2D eigenvalue weighted by Gasteiger charge is -2.18. The van der Waals surface area contributed by atoms with Crippen LogP contribution in [0, 0.1) is 0 Å². The first-order valence-corrected chi connectivity index (χ1v) is 6.02. The summed E-state index contributed by atoms with van der Waals surface area (Å²) in [7, 11) is 0. The fraction of sp³-hybridized carbons (Fsp3) is 0.214. The average molecular weight is 281 g/mol. The Balaban J connectivity index is 2.24. The van der Waals surface area contributed by atoms with Crippen molar-refractivity contribution in [3.8, 4) is 0 Å². The number of hydrogen-bond acceptors (Lipinski definition) is 3. The van der Waals surface area contributed by atoms with Gasteiger partial charge in [0.25, 0.3) is 0 Å². The molecule has 1 aromatic heterocycles. The summed E-state index contributed by atoms with van der Waals surface area (Å²) in [6.07, 6.45) is -3.11. The first-order valence-electron chi connectivity index (χ1n) is 6.02. The second-order valence-corrected chi connectivity index (χ2v) is 4.43. The third-order valence-electron chi connectivity index (χ3n) is 2.90. The summed E-state index contributed by atoms with van der Waals surface area (Å²) in [6, 6.07) is 8.90. The SMILES string of the molecule is CC(Nc1ncccc1C(F)(F)F)c1ccc(N)cc1. The fourth-order valence-corrected chi connectivity index (χ4v) is 1.82. The highest BCUT2D eigenvalue weighted by Crippen LogP contribution is 2.34. The van der Waals surface area contributed by atoms with Crippen LogP contribution < -0.4 is 11.1 Å². The van der Waals surface area contributed by atoms with Gasteiger partial charge in [-0.05, 0) is 36.8 Å². The fourth-order valence-electron chi connectivity index (χ4n) is 1.82. The zero-order valence-electron chi connectivity index (χ0n) is 10.8. The molecule has 3 nitrogen and oxygen atoms in total. The number of benzene rings is 1. The topological polar surface area (TPSA) is 50.9 Å². The molecule has 0 bridgehead atoms. The summed E-state index contributed by atoms with van der Waals surface area (Å²) >= 11 is 0. The van der Waals surface area contributed by atoms with Crippen molar-refractivity contribution in [1.82, 2.24) is 4.98 Å². The predicted octanol–water partition coefficient (Wildman–Crippen LogP) is 3.86. The molecule has 0 spiro atoms. The summed E-state index contributed by atoms with van der Waals surface area (Å²) in [6.45, 7) is 1.76. The highest BCUT2D eigenvalue weighted by atomic mass is 19.4. The quantitative estimate of drug-likeness (QED) is 0.840. The summed E-state index contributed by atoms with van der Waals surface area (Å²) in [5.74, 6) is -0.177. The third-order valence-corrected chi connectivity index (χ3v) is 2.90. The van der Waals surface area contributed by atoms with E-state index in [0.29, 0.717) is 5.69 Å². The van der Waals surface area contributed by atoms with Crippen molar-refractivity contribution in [3.05, 3.63) is 53.7 Å². The van der Waals surface area contributed by atoms with Gasteiger partial charge in [0.05, 0.1) is 5.56 Å². The number of rotatable bonds is 3. The van der Waals surface area contributed by atoms with E-state index in [-0.39, 0.29) is 11.9 Å². The van der Waals surface area contributed by atoms with Crippen molar-refractivity contribution in [3.63, 3.8) is 0 Å². The minimum atomic E-state index is -4.43. The lowest BCUT2D eigenvalue weighted by molar-refractivity contribution is -0.137. The molecule has 2 aromatic rings. The Morgan fingerprint density at radius 1 is 1.15 bits per heavy atom. The number of nitrogens with two attached hydrogens (primary N) is 1. The van der Waals surface area contributed by atoms with Gasteiger partial charge in [-0.1, -0.05) is 12.1 Å². The number of hydrogen-bond donors (Lipinski definition) is 2. The van der Waals surface area contributed by atoms with Crippen LogP contribution in [0.1, 0.15) is 24.1 Å². The van der Waals surface area contributed by atoms with E-state index >= 15 is 0 Å². The van der Waals surface area contributed by atoms with Crippen LogP contribution in [-0.4, -0.2) is 4.98 Å². The zero-order valence-corrected chi connectivity index (χ0v) is 10.8. The van der Waals surface area contributed by atoms with Crippen LogP contribution in [0.15, 0.2) is 42.6 Å². The van der Waals surface area contributed by atoms with Crippen LogP contribution in [0.25, 0.3) is 0 Å². The molecule has 20 heavy (non-hydrogen) atoms. The average Bonchev–Trinajstić information content (AvgIpc) is 2.38. The summed E-state index contributed by atoms with van der Waals surface area (Å²) in [4.78, 5) is 3.77. The Bertz CT molecular complexity index is 579. The monoisotopic (exact) mass is 281 g/mol. The second-order valence-electron chi connectivity index (χ2n) is 4.43. The van der Waals surface area contributed by atoms with Gasteiger partial charge in [-0.2, -0.15) is 13.2 Å². The molecule has 106 valence electrons. The molecule has 0 aliphatic rings. The van der Waals surface area contributed by atoms with E-state index in [1.54, 1.807) is 31.2 Å². The number of aromatic nitrogens is 1. The van der Waals surface area contributed by atoms with E-state index in [4.69, 9.17) is 5.73 Å². The number of nitrogens with one attached hydrogen (secondary N) is 1. The minimum absolute atomic E-state index is 0.177. The molecule has 1 aromatic carbocycles. The van der Waals surface area contributed by atoms with Crippen LogP contribution in [-0.2, 0) is 6.18 Å². The van der Waals surface area contributed by atoms with Crippen LogP contribution in [0.4, 0.5) is 24.7 Å². The molecule has 1 atom stereocenters. The molecule has 0 aliphatic carbocycles. The third kappa shape index (κ3) is 3.20. The van der Waals surface area contributed by atoms with Gasteiger partial charge in [0.1, 0.15) is 5.82 Å². The van der Waals surface area contributed by atoms with E-state index < -0.39 is 11.7 Å². The van der Waals surface area contributed by atoms with Gasteiger partial charge in [0.15, 0.2) is 0 Å². The molecule has 0 saturated carbocycles. The molecular formula is C14H14F3N3. The van der Waals surface area contributed by atoms with Gasteiger partial charge in [0, 0.05) is 17.9 Å². The summed E-state index contributed by atoms with van der Waals surface area (Å²) in [5.41, 5.74) is 6.24. The predicted molar refractivity (Wildman–Crippen MR) is 72.1 cm³/mol. The van der Waals surface area contributed by atoms with Crippen molar-refractivity contribution >= 4 is 11.5 Å². The summed E-state index contributed by atoms with van der Waals surface area (Å²) < 4.78 is 38.6. The maximum Gasteiger partial charge on any atom is 0.419 e. The zero-order chi connectivity index (χ0) is 14.8. The molecule has 1 heterocycles. The number of anilines is 2. The normalized spacial score (nSPS) is 13.0. The number of pyridine rings is 1. The lowest BCUT2D eigenvalue weighted by atomic mass is 10.1. The number of nitrogen functional groups attached to an aromatic ring is 1. The Kier molecular flexibility index (Phi) is 3.83. The summed E-state index contributed by atoms with van der Waals surface area (Å²) in [5, 5.41) is 2.78. The van der Waals surface area contributed by atoms with Gasteiger partial charge < -0.3 is 11.1 Å². The number of nitrogens with zero attached hydrogens (tertiary/aromatic N) is 1. The first-order chi connectivity index (χ1) is 9.38. The highest BCUT2D eigenvalue weighted by molar-refractivity contribution is 5.48. The molecule has 2 rings (SSSR count). The van der Waals surface area contributed by atoms with Crippen LogP contribution >= 0.6 is 0 Å². The van der Waals surface area contributed by atoms with Gasteiger partial charge in [-0.15, -0.1) is 0 Å². The van der Waals surface area contributed by atoms with E-state index in [0.717, 1.165) is 11.6 Å². The highest BCUT2D eigenvalue weighted by Gasteiger charge is 2.34. The Morgan fingerprint density at radius 3 is 2.40 bits per heavy atom. The molecule has 6 heteroatoms. The van der Waals surface area contributed by atoms with Crippen molar-refractivity contribution in [2.24, 2.45) is 0 Å². The smallest absolute Gasteiger partial charge is 0.399 e. The van der Waals surface area contributed by atoms with Gasteiger partial charge in [-0.3, -0.25) is 0 Å². The van der Waals surface area contributed by atoms with Crippen LogP contribution in [0.2, 0.25) is 0 Å². The van der Waals surface area contributed by atoms with E-state index in [1.165, 1.54) is 12.3 Å². The van der Waals surface area contributed by atoms with Crippen LogP contribution in [0.5, 0.6) is 0 Å². The van der Waals surface area contributed by atoms with Gasteiger partial charge in [-0.25, -0.2) is 4.98 Å². The van der Waals surface area contributed by atoms with Crippen molar-refractivity contribution in [2.75, 3.05) is 11.1 Å². The van der Waals surface area contributed by atoms with E-state index in [1.807, 2.05) is 0 Å². The molecule has 0 aliphatic heterocycles. The molecule has 0 radical (unpaired) electrons. The van der Waals surface area contributed by atoms with Crippen molar-refractivity contribution in [2.45, 2.75) is 19.1 Å². The minimum Gasteiger partial charge on any atom is -0.399 e. The largest absolute Gasteiger partial charge is 0.419 e. The molecule has 0 amide bonds. The number of alkyl halides is 3. The lowest BCUT2D eigenvalue weighted by Crippen LogP contribution is -2.14. The van der Waals surface area contributed by atoms with E-state index in [9.17, 15) is 13.2 Å².